The number of hydrogen-bond donors (Lipinski definition) is 1. The van der Waals surface area contributed by atoms with Crippen molar-refractivity contribution in [2.75, 3.05) is 32.5 Å². The van der Waals surface area contributed by atoms with Crippen LogP contribution in [0.2, 0.25) is 0 Å². The molecule has 0 radical (unpaired) electrons. The third kappa shape index (κ3) is 5.22. The highest BCUT2D eigenvalue weighted by molar-refractivity contribution is 6.06. The van der Waals surface area contributed by atoms with Crippen LogP contribution in [-0.4, -0.2) is 60.3 Å². The Balaban J connectivity index is 1.87. The van der Waals surface area contributed by atoms with Crippen LogP contribution in [0.3, 0.4) is 0 Å². The van der Waals surface area contributed by atoms with E-state index in [9.17, 15) is 14.4 Å². The molecular formula is C32H37N3O6. The summed E-state index contributed by atoms with van der Waals surface area (Å²) < 4.78 is 20.0. The van der Waals surface area contributed by atoms with Gasteiger partial charge in [0.05, 0.1) is 27.7 Å². The summed E-state index contributed by atoms with van der Waals surface area (Å²) in [4.78, 5) is 41.1. The van der Waals surface area contributed by atoms with E-state index in [0.717, 1.165) is 29.3 Å². The molecular weight excluding hydrogens is 522 g/mol. The number of carbonyl (C=O) groups excluding carboxylic acids is 2. The maximum atomic E-state index is 14.4. The molecule has 0 spiro atoms. The van der Waals surface area contributed by atoms with Gasteiger partial charge in [0.2, 0.25) is 0 Å². The number of nitrogens with one attached hydrogen (secondary N) is 1. The predicted molar refractivity (Wildman–Crippen MR) is 161 cm³/mol. The quantitative estimate of drug-likeness (QED) is 0.194. The molecule has 9 heteroatoms. The fourth-order valence-electron chi connectivity index (χ4n) is 5.84. The number of ether oxygens (including phenoxy) is 3. The Bertz CT molecular complexity index is 1740. The lowest BCUT2D eigenvalue weighted by Gasteiger charge is -2.43. The number of aromatic nitrogens is 1. The van der Waals surface area contributed by atoms with E-state index in [-0.39, 0.29) is 5.43 Å². The SMILES string of the molecule is CC(=O)O[C@H]1c2c(cc(NCCCN(C)C)c3c(=O)c4cc5ccccc5cc4n(C)c23)OC(C)(C)[C@H]1OC(C)=O. The third-order valence-electron chi connectivity index (χ3n) is 7.64. The summed E-state index contributed by atoms with van der Waals surface area (Å²) in [7, 11) is 5.93. The summed E-state index contributed by atoms with van der Waals surface area (Å²) in [5.74, 6) is -0.601. The topological polar surface area (TPSA) is 99.1 Å². The minimum Gasteiger partial charge on any atom is -0.483 e. The molecule has 0 unspecified atom stereocenters. The van der Waals surface area contributed by atoms with Gasteiger partial charge < -0.3 is 29.0 Å². The van der Waals surface area contributed by atoms with Crippen LogP contribution in [0.25, 0.3) is 32.6 Å². The van der Waals surface area contributed by atoms with Crippen LogP contribution in [-0.2, 0) is 26.1 Å². The Morgan fingerprint density at radius 3 is 2.34 bits per heavy atom. The number of benzene rings is 3. The van der Waals surface area contributed by atoms with Gasteiger partial charge in [-0.05, 0) is 63.8 Å². The van der Waals surface area contributed by atoms with Gasteiger partial charge in [0.15, 0.2) is 17.6 Å². The second kappa shape index (κ2) is 10.7. The molecule has 0 saturated heterocycles. The van der Waals surface area contributed by atoms with Gasteiger partial charge in [0.1, 0.15) is 11.4 Å². The molecule has 41 heavy (non-hydrogen) atoms. The number of rotatable bonds is 7. The average Bonchev–Trinajstić information content (AvgIpc) is 2.89. The van der Waals surface area contributed by atoms with Crippen molar-refractivity contribution in [1.82, 2.24) is 9.47 Å². The average molecular weight is 560 g/mol. The molecule has 0 fully saturated rings. The zero-order chi connectivity index (χ0) is 29.6. The van der Waals surface area contributed by atoms with Crippen LogP contribution < -0.4 is 15.5 Å². The third-order valence-corrected chi connectivity index (χ3v) is 7.64. The molecule has 1 N–H and O–H groups in total. The molecule has 216 valence electrons. The van der Waals surface area contributed by atoms with Gasteiger partial charge in [-0.1, -0.05) is 24.3 Å². The number of pyridine rings is 1. The summed E-state index contributed by atoms with van der Waals surface area (Å²) in [5.41, 5.74) is 1.24. The molecule has 4 aromatic rings. The Morgan fingerprint density at radius 2 is 1.71 bits per heavy atom. The summed E-state index contributed by atoms with van der Waals surface area (Å²) in [6, 6.07) is 13.6. The zero-order valence-electron chi connectivity index (χ0n) is 24.7. The number of anilines is 1. The number of hydrogen-bond acceptors (Lipinski definition) is 8. The van der Waals surface area contributed by atoms with Gasteiger partial charge in [0, 0.05) is 38.9 Å². The monoisotopic (exact) mass is 559 g/mol. The summed E-state index contributed by atoms with van der Waals surface area (Å²) >= 11 is 0. The van der Waals surface area contributed by atoms with Crippen LogP contribution in [0.5, 0.6) is 5.75 Å². The van der Waals surface area contributed by atoms with Crippen molar-refractivity contribution in [3.05, 3.63) is 58.3 Å². The predicted octanol–water partition coefficient (Wildman–Crippen LogP) is 4.92. The maximum absolute atomic E-state index is 14.4. The molecule has 2 atom stereocenters. The lowest BCUT2D eigenvalue weighted by Crippen LogP contribution is -2.52. The molecule has 1 aliphatic heterocycles. The lowest BCUT2D eigenvalue weighted by molar-refractivity contribution is -0.187. The standard InChI is InChI=1S/C32H37N3O6/c1-18(36)39-30-27-25(41-32(3,4)31(30)40-19(2)37)17-23(33-13-10-14-34(5)6)26-28(27)35(7)24-16-21-12-9-8-11-20(21)15-22(24)29(26)38/h8-9,11-12,15-17,30-31,33H,10,13-14H2,1-7H3/t30-,31-/m0/s1. The second-order valence-electron chi connectivity index (χ2n) is 11.5. The molecule has 1 aliphatic rings. The molecule has 1 aromatic heterocycles. The largest absolute Gasteiger partial charge is 0.483 e. The second-order valence-corrected chi connectivity index (χ2v) is 11.5. The lowest BCUT2D eigenvalue weighted by atomic mass is 9.86. The van der Waals surface area contributed by atoms with Crippen LogP contribution in [0.1, 0.15) is 45.8 Å². The summed E-state index contributed by atoms with van der Waals surface area (Å²) in [6.45, 7) is 7.72. The van der Waals surface area contributed by atoms with Gasteiger partial charge in [-0.2, -0.15) is 0 Å². The molecule has 0 bridgehead atoms. The Labute approximate surface area is 239 Å². The van der Waals surface area contributed by atoms with Crippen LogP contribution in [0, 0.1) is 0 Å². The first-order valence-corrected chi connectivity index (χ1v) is 13.8. The molecule has 5 rings (SSSR count). The van der Waals surface area contributed by atoms with Crippen molar-refractivity contribution in [3.8, 4) is 5.75 Å². The number of aryl methyl sites for hydroxylation is 1. The highest BCUT2D eigenvalue weighted by Gasteiger charge is 2.50. The van der Waals surface area contributed by atoms with E-state index in [4.69, 9.17) is 14.2 Å². The van der Waals surface area contributed by atoms with Crippen molar-refractivity contribution in [2.45, 2.75) is 51.9 Å². The number of nitrogens with zero attached hydrogens (tertiary/aromatic N) is 2. The molecule has 9 nitrogen and oxygen atoms in total. The fraction of sp³-hybridized carbons (Fsp3) is 0.406. The first-order chi connectivity index (χ1) is 19.4. The van der Waals surface area contributed by atoms with Crippen molar-refractivity contribution >= 4 is 50.2 Å². The highest BCUT2D eigenvalue weighted by atomic mass is 16.6. The minimum atomic E-state index is -1.03. The normalized spacial score (nSPS) is 17.9. The first-order valence-electron chi connectivity index (χ1n) is 13.8. The first kappa shape index (κ1) is 28.4. The van der Waals surface area contributed by atoms with Gasteiger partial charge in [-0.25, -0.2) is 0 Å². The van der Waals surface area contributed by atoms with Crippen LogP contribution in [0.4, 0.5) is 5.69 Å². The van der Waals surface area contributed by atoms with Gasteiger partial charge >= 0.3 is 11.9 Å². The molecule has 0 aliphatic carbocycles. The molecule has 2 heterocycles. The van der Waals surface area contributed by atoms with Gasteiger partial charge in [0.25, 0.3) is 0 Å². The Morgan fingerprint density at radius 1 is 1.05 bits per heavy atom. The van der Waals surface area contributed by atoms with Crippen molar-refractivity contribution < 1.29 is 23.8 Å². The van der Waals surface area contributed by atoms with E-state index >= 15 is 0 Å². The van der Waals surface area contributed by atoms with Crippen LogP contribution >= 0.6 is 0 Å². The molecule has 0 saturated carbocycles. The van der Waals surface area contributed by atoms with E-state index in [0.29, 0.717) is 39.8 Å². The van der Waals surface area contributed by atoms with E-state index < -0.39 is 29.7 Å². The minimum absolute atomic E-state index is 0.146. The van der Waals surface area contributed by atoms with Crippen molar-refractivity contribution in [2.24, 2.45) is 7.05 Å². The molecule has 3 aromatic carbocycles. The maximum Gasteiger partial charge on any atom is 0.303 e. The number of carbonyl (C=O) groups is 2. The van der Waals surface area contributed by atoms with E-state index in [1.807, 2.05) is 68.2 Å². The fourth-order valence-corrected chi connectivity index (χ4v) is 5.84. The smallest absolute Gasteiger partial charge is 0.303 e. The summed E-state index contributed by atoms with van der Waals surface area (Å²) in [6.07, 6.45) is -1.08. The zero-order valence-corrected chi connectivity index (χ0v) is 24.7. The number of fused-ring (bicyclic) bond motifs is 5. The Kier molecular flexibility index (Phi) is 7.42. The van der Waals surface area contributed by atoms with E-state index in [1.54, 1.807) is 13.8 Å². The van der Waals surface area contributed by atoms with Gasteiger partial charge in [-0.3, -0.25) is 14.4 Å². The molecule has 0 amide bonds. The van der Waals surface area contributed by atoms with E-state index in [1.165, 1.54) is 13.8 Å². The van der Waals surface area contributed by atoms with E-state index in [2.05, 4.69) is 10.2 Å². The van der Waals surface area contributed by atoms with Gasteiger partial charge in [-0.15, -0.1) is 0 Å². The highest BCUT2D eigenvalue weighted by Crippen LogP contribution is 2.48. The number of esters is 2. The Hall–Kier alpha value is -4.11. The van der Waals surface area contributed by atoms with Crippen molar-refractivity contribution in [1.29, 1.82) is 0 Å². The summed E-state index contributed by atoms with van der Waals surface area (Å²) in [5, 5.41) is 6.47. The van der Waals surface area contributed by atoms with Crippen LogP contribution in [0.15, 0.2) is 47.3 Å². The van der Waals surface area contributed by atoms with Crippen molar-refractivity contribution in [3.63, 3.8) is 0 Å².